The molecule has 0 aliphatic rings. The first kappa shape index (κ1) is 45.7. The zero-order chi connectivity index (χ0) is 40.9. The number of hydrogen-bond donors (Lipinski definition) is 0. The van der Waals surface area contributed by atoms with Crippen molar-refractivity contribution in [1.82, 2.24) is 0 Å². The average Bonchev–Trinajstić information content (AvgIpc) is 3.23. The van der Waals surface area contributed by atoms with Gasteiger partial charge in [-0.2, -0.15) is 43.7 Å². The Labute approximate surface area is 369 Å². The molecular formula is C48H33B2BrF8Mg. The molecule has 0 N–H and O–H groups in total. The number of rotatable bonds is 8. The van der Waals surface area contributed by atoms with Crippen molar-refractivity contribution in [2.24, 2.45) is 0 Å². The van der Waals surface area contributed by atoms with E-state index in [9.17, 15) is 0 Å². The third kappa shape index (κ3) is 8.20. The second kappa shape index (κ2) is 19.8. The van der Waals surface area contributed by atoms with E-state index < -0.39 is 58.8 Å². The van der Waals surface area contributed by atoms with Crippen LogP contribution < -0.4 is 43.7 Å². The minimum Gasteiger partial charge on any atom is -0.210 e. The Morgan fingerprint density at radius 3 is 0.400 bits per heavy atom. The fourth-order valence-electron chi connectivity index (χ4n) is 8.62. The van der Waals surface area contributed by atoms with Crippen LogP contribution in [0.3, 0.4) is 0 Å². The summed E-state index contributed by atoms with van der Waals surface area (Å²) in [6.07, 6.45) is -5.63. The maximum Gasteiger partial charge on any atom is 2.00 e. The second-order valence-corrected chi connectivity index (χ2v) is 13.9. The van der Waals surface area contributed by atoms with E-state index in [1.165, 1.54) is 146 Å². The van der Waals surface area contributed by atoms with Gasteiger partial charge in [0.25, 0.3) is 0 Å². The van der Waals surface area contributed by atoms with Gasteiger partial charge in [-0.3, -0.25) is 0 Å². The van der Waals surface area contributed by atoms with Crippen molar-refractivity contribution in [2.45, 2.75) is 0 Å². The topological polar surface area (TPSA) is 0 Å². The van der Waals surface area contributed by atoms with Gasteiger partial charge in [0, 0.05) is 0 Å². The molecule has 0 atom stereocenters. The fraction of sp³-hybridized carbons (Fsp3) is 0. The number of hydrogen-bond acceptors (Lipinski definition) is 0. The standard InChI is InChI=1S/2C24H16BF4.BrH.Mg/c2*26-21-13-5-1-9-17(21)25(18-10-2-6-14-22(18)27,19-11-3-7-15-23(19)28)20-12-4-8-16-24(20)29;;/h2*1-16H;1H;/q2*-1;;+2. The van der Waals surface area contributed by atoms with Gasteiger partial charge in [0.05, 0.1) is 46.5 Å². The molecule has 8 aromatic rings. The molecule has 0 radical (unpaired) electrons. The van der Waals surface area contributed by atoms with Crippen molar-refractivity contribution in [3.05, 3.63) is 241 Å². The smallest absolute Gasteiger partial charge is 0.210 e. The summed E-state index contributed by atoms with van der Waals surface area (Å²) >= 11 is 0. The van der Waals surface area contributed by atoms with Gasteiger partial charge in [0.2, 0.25) is 0 Å². The second-order valence-electron chi connectivity index (χ2n) is 13.9. The third-order valence-corrected chi connectivity index (χ3v) is 11.0. The molecule has 60 heavy (non-hydrogen) atoms. The van der Waals surface area contributed by atoms with E-state index >= 15 is 35.1 Å². The van der Waals surface area contributed by atoms with Crippen LogP contribution >= 0.6 is 17.0 Å². The van der Waals surface area contributed by atoms with Crippen LogP contribution in [0.4, 0.5) is 35.1 Å². The molecule has 8 aromatic carbocycles. The largest absolute Gasteiger partial charge is 2.00 e. The molecular weight excluding hydrogens is 854 g/mol. The molecule has 0 nitrogen and oxygen atoms in total. The van der Waals surface area contributed by atoms with Crippen molar-refractivity contribution in [2.75, 3.05) is 0 Å². The molecule has 0 fully saturated rings. The summed E-state index contributed by atoms with van der Waals surface area (Å²) in [5.74, 6) is -5.32. The van der Waals surface area contributed by atoms with Gasteiger partial charge in [-0.1, -0.05) is 146 Å². The summed E-state index contributed by atoms with van der Waals surface area (Å²) in [6.45, 7) is 0. The zero-order valence-electron chi connectivity index (χ0n) is 31.8. The number of benzene rings is 8. The first-order valence-electron chi connectivity index (χ1n) is 18.4. The van der Waals surface area contributed by atoms with Gasteiger partial charge < -0.3 is 0 Å². The molecule has 0 aliphatic heterocycles. The Bertz CT molecular complexity index is 2170. The van der Waals surface area contributed by atoms with Gasteiger partial charge in [0.1, 0.15) is 12.3 Å². The van der Waals surface area contributed by atoms with Gasteiger partial charge in [-0.05, 0) is 48.5 Å². The summed E-state index contributed by atoms with van der Waals surface area (Å²) in [7, 11) is 0. The molecule has 0 saturated carbocycles. The molecule has 0 spiro atoms. The molecule has 0 heterocycles. The summed E-state index contributed by atoms with van der Waals surface area (Å²) < 4.78 is 121. The van der Waals surface area contributed by atoms with Crippen molar-refractivity contribution in [3.63, 3.8) is 0 Å². The van der Waals surface area contributed by atoms with E-state index in [1.54, 1.807) is 48.5 Å². The summed E-state index contributed by atoms with van der Waals surface area (Å²) in [6, 6.07) is 46.0. The van der Waals surface area contributed by atoms with Crippen molar-refractivity contribution < 1.29 is 35.1 Å². The molecule has 8 rings (SSSR count). The molecule has 0 amide bonds. The Kier molecular flexibility index (Phi) is 15.0. The summed E-state index contributed by atoms with van der Waals surface area (Å²) in [5.41, 5.74) is 0.169. The van der Waals surface area contributed by atoms with Crippen LogP contribution in [0.25, 0.3) is 0 Å². The van der Waals surface area contributed by atoms with Gasteiger partial charge in [-0.15, -0.1) is 17.0 Å². The quantitative estimate of drug-likeness (QED) is 0.110. The zero-order valence-corrected chi connectivity index (χ0v) is 34.9. The van der Waals surface area contributed by atoms with E-state index in [1.807, 2.05) is 0 Å². The predicted molar refractivity (Wildman–Crippen MR) is 236 cm³/mol. The van der Waals surface area contributed by atoms with E-state index in [4.69, 9.17) is 0 Å². The predicted octanol–water partition coefficient (Wildman–Crippen LogP) is 7.44. The Hall–Kier alpha value is -5.42. The molecule has 296 valence electrons. The van der Waals surface area contributed by atoms with Crippen LogP contribution in [0.5, 0.6) is 0 Å². The Balaban J connectivity index is 0.000000220. The van der Waals surface area contributed by atoms with Crippen LogP contribution in [-0.2, 0) is 0 Å². The normalized spacial score (nSPS) is 11.1. The first-order chi connectivity index (χ1) is 28.1. The van der Waals surface area contributed by atoms with Crippen LogP contribution in [0.1, 0.15) is 0 Å². The van der Waals surface area contributed by atoms with Gasteiger partial charge in [0.15, 0.2) is 0 Å². The van der Waals surface area contributed by atoms with Gasteiger partial charge in [-0.25, -0.2) is 35.1 Å². The monoisotopic (exact) mass is 886 g/mol. The van der Waals surface area contributed by atoms with Crippen molar-refractivity contribution in [1.29, 1.82) is 0 Å². The first-order valence-corrected chi connectivity index (χ1v) is 18.4. The molecule has 0 aliphatic carbocycles. The molecule has 0 bridgehead atoms. The SMILES string of the molecule is Br.Fc1ccccc1[B-](c1ccccc1F)(c1ccccc1F)c1ccccc1F.Fc1ccccc1[B-](c1ccccc1F)(c1ccccc1F)c1ccccc1F.[Mg+2]. The van der Waals surface area contributed by atoms with Crippen LogP contribution in [0.2, 0.25) is 0 Å². The fourth-order valence-corrected chi connectivity index (χ4v) is 8.62. The van der Waals surface area contributed by atoms with E-state index in [0.717, 1.165) is 0 Å². The van der Waals surface area contributed by atoms with E-state index in [-0.39, 0.29) is 83.7 Å². The minimum atomic E-state index is -2.82. The van der Waals surface area contributed by atoms with Crippen LogP contribution in [-0.4, -0.2) is 35.3 Å². The molecule has 12 heteroatoms. The Morgan fingerprint density at radius 2 is 0.300 bits per heavy atom. The van der Waals surface area contributed by atoms with E-state index in [0.29, 0.717) is 0 Å². The summed E-state index contributed by atoms with van der Waals surface area (Å²) in [5, 5.41) is 0. The van der Waals surface area contributed by atoms with Crippen LogP contribution in [0, 0.1) is 46.5 Å². The van der Waals surface area contributed by atoms with Crippen molar-refractivity contribution >= 4 is 96.0 Å². The molecule has 0 aromatic heterocycles. The number of halogens is 9. The maximum atomic E-state index is 15.2. The van der Waals surface area contributed by atoms with Crippen molar-refractivity contribution in [3.8, 4) is 0 Å². The molecule has 0 unspecified atom stereocenters. The Morgan fingerprint density at radius 1 is 0.200 bits per heavy atom. The van der Waals surface area contributed by atoms with Gasteiger partial charge >= 0.3 is 23.1 Å². The van der Waals surface area contributed by atoms with E-state index in [2.05, 4.69) is 0 Å². The third-order valence-electron chi connectivity index (χ3n) is 11.0. The minimum absolute atomic E-state index is 0. The summed E-state index contributed by atoms with van der Waals surface area (Å²) in [4.78, 5) is 0. The average molecular weight is 888 g/mol. The molecule has 0 saturated heterocycles. The maximum absolute atomic E-state index is 15.2. The van der Waals surface area contributed by atoms with Crippen LogP contribution in [0.15, 0.2) is 194 Å².